The first-order chi connectivity index (χ1) is 17.9. The maximum atomic E-state index is 13.4. The molecule has 0 spiro atoms. The van der Waals surface area contributed by atoms with Crippen LogP contribution in [-0.2, 0) is 16.1 Å². The Bertz CT molecular complexity index is 1400. The van der Waals surface area contributed by atoms with Crippen molar-refractivity contribution in [2.24, 2.45) is 0 Å². The summed E-state index contributed by atoms with van der Waals surface area (Å²) in [5.74, 6) is 0.617. The fourth-order valence-corrected chi connectivity index (χ4v) is 5.69. The molecule has 0 saturated carbocycles. The number of anilines is 1. The Morgan fingerprint density at radius 2 is 2.00 bits per heavy atom. The van der Waals surface area contributed by atoms with Crippen molar-refractivity contribution < 1.29 is 14.3 Å². The standard InChI is InChI=1S/C28H29BrN4O3S/c1-3-36-22-10-8-21(9-11-22)33-27(35)24(30-28(33)37)14-19-16-31(25-12-7-20(29)15-23(19)25)17-26(34)32-13-5-4-6-18(32)2/h7-12,14-16,18H,3-6,13,17H2,1-2H3,(H,30,37)/b24-14-/t18-/m0/s1. The van der Waals surface area contributed by atoms with Crippen molar-refractivity contribution in [3.63, 3.8) is 0 Å². The van der Waals surface area contributed by atoms with E-state index in [-0.39, 0.29) is 24.4 Å². The van der Waals surface area contributed by atoms with E-state index in [1.807, 2.05) is 71.1 Å². The van der Waals surface area contributed by atoms with Gasteiger partial charge in [0.1, 0.15) is 18.0 Å². The van der Waals surface area contributed by atoms with Crippen molar-refractivity contribution >= 4 is 67.7 Å². The lowest BCUT2D eigenvalue weighted by Crippen LogP contribution is -2.43. The lowest BCUT2D eigenvalue weighted by Gasteiger charge is -2.33. The molecule has 3 aromatic rings. The number of aromatic nitrogens is 1. The number of fused-ring (bicyclic) bond motifs is 1. The SMILES string of the molecule is CCOc1ccc(N2C(=O)/C(=C/c3cn(CC(=O)N4CCCC[C@@H]4C)c4ccc(Br)cc34)NC2=S)cc1. The predicted octanol–water partition coefficient (Wildman–Crippen LogP) is 5.47. The highest BCUT2D eigenvalue weighted by Gasteiger charge is 2.32. The van der Waals surface area contributed by atoms with Crippen LogP contribution in [0, 0.1) is 0 Å². The average molecular weight is 582 g/mol. The molecule has 9 heteroatoms. The number of halogens is 1. The van der Waals surface area contributed by atoms with Crippen molar-refractivity contribution in [1.29, 1.82) is 0 Å². The van der Waals surface area contributed by atoms with Crippen molar-refractivity contribution in [2.45, 2.75) is 45.7 Å². The minimum absolute atomic E-state index is 0.115. The van der Waals surface area contributed by atoms with Crippen LogP contribution in [0.15, 0.2) is 58.8 Å². The molecule has 0 aliphatic carbocycles. The summed E-state index contributed by atoms with van der Waals surface area (Å²) < 4.78 is 8.40. The van der Waals surface area contributed by atoms with Gasteiger partial charge in [0.05, 0.1) is 12.3 Å². The Kier molecular flexibility index (Phi) is 7.35. The van der Waals surface area contributed by atoms with Gasteiger partial charge in [-0.2, -0.15) is 0 Å². The molecule has 5 rings (SSSR count). The molecule has 1 N–H and O–H groups in total. The monoisotopic (exact) mass is 580 g/mol. The van der Waals surface area contributed by atoms with Gasteiger partial charge in [0, 0.05) is 39.7 Å². The Balaban J connectivity index is 1.45. The number of carbonyl (C=O) groups is 2. The maximum absolute atomic E-state index is 13.4. The van der Waals surface area contributed by atoms with Crippen LogP contribution in [-0.4, -0.2) is 45.6 Å². The topological polar surface area (TPSA) is 66.8 Å². The molecule has 3 heterocycles. The third-order valence-electron chi connectivity index (χ3n) is 6.89. The number of thiocarbonyl (C=S) groups is 1. The van der Waals surface area contributed by atoms with Crippen molar-refractivity contribution in [1.82, 2.24) is 14.8 Å². The molecule has 0 unspecified atom stereocenters. The number of amides is 2. The molecule has 2 aliphatic heterocycles. The fraction of sp³-hybridized carbons (Fsp3) is 0.321. The number of piperidine rings is 1. The van der Waals surface area contributed by atoms with Gasteiger partial charge in [-0.25, -0.2) is 0 Å². The molecule has 7 nitrogen and oxygen atoms in total. The minimum Gasteiger partial charge on any atom is -0.494 e. The summed E-state index contributed by atoms with van der Waals surface area (Å²) in [6.45, 7) is 5.67. The zero-order valence-electron chi connectivity index (χ0n) is 20.9. The van der Waals surface area contributed by atoms with E-state index in [2.05, 4.69) is 28.2 Å². The molecular formula is C28H29BrN4O3S. The summed E-state index contributed by atoms with van der Waals surface area (Å²) in [7, 11) is 0. The van der Waals surface area contributed by atoms with E-state index in [9.17, 15) is 9.59 Å². The second-order valence-corrected chi connectivity index (χ2v) is 10.7. The fourth-order valence-electron chi connectivity index (χ4n) is 5.03. The van der Waals surface area contributed by atoms with Gasteiger partial charge in [-0.15, -0.1) is 0 Å². The summed E-state index contributed by atoms with van der Waals surface area (Å²) >= 11 is 9.06. The second kappa shape index (κ2) is 10.7. The molecule has 37 heavy (non-hydrogen) atoms. The van der Waals surface area contributed by atoms with E-state index in [1.54, 1.807) is 0 Å². The molecule has 2 amide bonds. The smallest absolute Gasteiger partial charge is 0.281 e. The summed E-state index contributed by atoms with van der Waals surface area (Å²) in [6.07, 6.45) is 7.00. The molecule has 2 fully saturated rings. The molecule has 1 aromatic heterocycles. The number of hydrogen-bond acceptors (Lipinski definition) is 4. The van der Waals surface area contributed by atoms with Gasteiger partial charge in [0.15, 0.2) is 5.11 Å². The van der Waals surface area contributed by atoms with Crippen molar-refractivity contribution in [2.75, 3.05) is 18.1 Å². The van der Waals surface area contributed by atoms with Gasteiger partial charge in [0.2, 0.25) is 5.91 Å². The van der Waals surface area contributed by atoms with Crippen LogP contribution in [0.5, 0.6) is 5.75 Å². The Morgan fingerprint density at radius 3 is 2.73 bits per heavy atom. The average Bonchev–Trinajstić information content (AvgIpc) is 3.35. The van der Waals surface area contributed by atoms with E-state index in [0.29, 0.717) is 23.1 Å². The Morgan fingerprint density at radius 1 is 1.22 bits per heavy atom. The molecule has 2 aliphatic rings. The highest BCUT2D eigenvalue weighted by molar-refractivity contribution is 9.10. The molecule has 192 valence electrons. The van der Waals surface area contributed by atoms with Crippen LogP contribution in [0.4, 0.5) is 5.69 Å². The highest BCUT2D eigenvalue weighted by atomic mass is 79.9. The molecule has 0 radical (unpaired) electrons. The third kappa shape index (κ3) is 5.15. The lowest BCUT2D eigenvalue weighted by molar-refractivity contribution is -0.135. The number of nitrogens with one attached hydrogen (secondary N) is 1. The molecule has 2 aromatic carbocycles. The first-order valence-corrected chi connectivity index (χ1v) is 13.7. The van der Waals surface area contributed by atoms with E-state index in [4.69, 9.17) is 17.0 Å². The van der Waals surface area contributed by atoms with Gasteiger partial charge in [0.25, 0.3) is 5.91 Å². The normalized spacial score (nSPS) is 19.1. The molecule has 1 atom stereocenters. The van der Waals surface area contributed by atoms with Crippen LogP contribution < -0.4 is 15.0 Å². The van der Waals surface area contributed by atoms with Gasteiger partial charge < -0.3 is 19.5 Å². The Hall–Kier alpha value is -3.17. The molecule has 0 bridgehead atoms. The number of likely N-dealkylation sites (tertiary alicyclic amines) is 1. The zero-order valence-corrected chi connectivity index (χ0v) is 23.3. The third-order valence-corrected chi connectivity index (χ3v) is 7.66. The van der Waals surface area contributed by atoms with Crippen LogP contribution >= 0.6 is 28.1 Å². The van der Waals surface area contributed by atoms with E-state index < -0.39 is 0 Å². The lowest BCUT2D eigenvalue weighted by atomic mass is 10.0. The van der Waals surface area contributed by atoms with Gasteiger partial charge >= 0.3 is 0 Å². The van der Waals surface area contributed by atoms with Crippen LogP contribution in [0.3, 0.4) is 0 Å². The van der Waals surface area contributed by atoms with E-state index >= 15 is 0 Å². The summed E-state index contributed by atoms with van der Waals surface area (Å²) in [5, 5.41) is 4.33. The highest BCUT2D eigenvalue weighted by Crippen LogP contribution is 2.30. The molecular weight excluding hydrogens is 552 g/mol. The van der Waals surface area contributed by atoms with Gasteiger partial charge in [-0.3, -0.25) is 14.5 Å². The van der Waals surface area contributed by atoms with E-state index in [0.717, 1.165) is 46.1 Å². The predicted molar refractivity (Wildman–Crippen MR) is 153 cm³/mol. The maximum Gasteiger partial charge on any atom is 0.281 e. The summed E-state index contributed by atoms with van der Waals surface area (Å²) in [6, 6.07) is 13.5. The number of nitrogens with zero attached hydrogens (tertiary/aromatic N) is 3. The quantitative estimate of drug-likeness (QED) is 0.309. The molecule has 2 saturated heterocycles. The van der Waals surface area contributed by atoms with Crippen molar-refractivity contribution in [3.8, 4) is 5.75 Å². The largest absolute Gasteiger partial charge is 0.494 e. The second-order valence-electron chi connectivity index (χ2n) is 9.36. The number of rotatable bonds is 6. The number of ether oxygens (including phenoxy) is 1. The van der Waals surface area contributed by atoms with Crippen LogP contribution in [0.2, 0.25) is 0 Å². The van der Waals surface area contributed by atoms with Crippen molar-refractivity contribution in [3.05, 3.63) is 64.4 Å². The first-order valence-electron chi connectivity index (χ1n) is 12.5. The first kappa shape index (κ1) is 25.5. The summed E-state index contributed by atoms with van der Waals surface area (Å²) in [4.78, 5) is 30.0. The summed E-state index contributed by atoms with van der Waals surface area (Å²) in [5.41, 5.74) is 2.82. The minimum atomic E-state index is -0.233. The van der Waals surface area contributed by atoms with Gasteiger partial charge in [-0.1, -0.05) is 15.9 Å². The Labute approximate surface area is 230 Å². The van der Waals surface area contributed by atoms with Crippen LogP contribution in [0.1, 0.15) is 38.7 Å². The van der Waals surface area contributed by atoms with E-state index in [1.165, 1.54) is 11.3 Å². The zero-order chi connectivity index (χ0) is 26.1. The van der Waals surface area contributed by atoms with Gasteiger partial charge in [-0.05, 0) is 93.9 Å². The number of hydrogen-bond donors (Lipinski definition) is 1. The number of carbonyl (C=O) groups excluding carboxylic acids is 2. The van der Waals surface area contributed by atoms with Crippen LogP contribution in [0.25, 0.3) is 17.0 Å². The number of benzene rings is 2.